The minimum absolute atomic E-state index is 0.108. The van der Waals surface area contributed by atoms with Crippen LogP contribution in [0.3, 0.4) is 0 Å². The molecule has 390 valence electrons. The van der Waals surface area contributed by atoms with Crippen molar-refractivity contribution in [1.29, 1.82) is 0 Å². The first-order valence-electron chi connectivity index (χ1n) is 26.2. The lowest BCUT2D eigenvalue weighted by molar-refractivity contribution is -0.138. The largest absolute Gasteiger partial charge is 0.464 e. The summed E-state index contributed by atoms with van der Waals surface area (Å²) in [7, 11) is 2.59. The number of aromatic nitrogens is 2. The van der Waals surface area contributed by atoms with E-state index >= 15 is 4.39 Å². The first kappa shape index (κ1) is 49.8. The van der Waals surface area contributed by atoms with E-state index in [-0.39, 0.29) is 35.7 Å². The van der Waals surface area contributed by atoms with Gasteiger partial charge in [0.2, 0.25) is 18.0 Å². The maximum absolute atomic E-state index is 17.1. The molecule has 2 aromatic carbocycles. The molecular weight excluding hydrogens is 964 g/mol. The molecule has 6 aliphatic heterocycles. The number of methoxy groups -OCH3 is 2. The first-order valence-corrected chi connectivity index (χ1v) is 27.0. The van der Waals surface area contributed by atoms with Gasteiger partial charge in [-0.2, -0.15) is 0 Å². The summed E-state index contributed by atoms with van der Waals surface area (Å²) in [5.74, 6) is 0.105. The van der Waals surface area contributed by atoms with Gasteiger partial charge in [-0.1, -0.05) is 19.9 Å². The number of aliphatic imine (C=N–C) groups is 2. The van der Waals surface area contributed by atoms with Crippen molar-refractivity contribution in [2.45, 2.75) is 134 Å². The van der Waals surface area contributed by atoms with Gasteiger partial charge in [0.15, 0.2) is 0 Å². The minimum Gasteiger partial charge on any atom is -0.464 e. The Morgan fingerprint density at radius 2 is 1.53 bits per heavy atom. The molecular formula is C56H65FN8O8S. The fourth-order valence-electron chi connectivity index (χ4n) is 12.0. The average Bonchev–Trinajstić information content (AvgIpc) is 4.13. The molecule has 1 saturated carbocycles. The second kappa shape index (κ2) is 20.0. The molecule has 6 atom stereocenters. The molecule has 16 nitrogen and oxygen atoms in total. The molecule has 0 radical (unpaired) electrons. The molecule has 18 heteroatoms. The SMILES string of the molecule is COC(=O)NC(C(=O)N1CCC[C@H]1C1=NC=C(c2ccc3c(c2)cc2n3C(c3cnc(CC4CC4)s3)Oc3cc(C4=CN=C([C@@H]5CCCN5C(=O)[C@@H](NC(=O)OC)C(C)C)C4)cc(F)c3-2)C1)C1CCOC(C)(C)C1. The summed E-state index contributed by atoms with van der Waals surface area (Å²) in [6, 6.07) is 9.86. The van der Waals surface area contributed by atoms with E-state index in [0.717, 1.165) is 81.0 Å². The van der Waals surface area contributed by atoms with Crippen LogP contribution in [0.4, 0.5) is 14.0 Å². The Balaban J connectivity index is 0.849. The van der Waals surface area contributed by atoms with E-state index in [1.54, 1.807) is 23.6 Å². The molecule has 4 amide bonds. The number of halogens is 1. The maximum Gasteiger partial charge on any atom is 0.407 e. The van der Waals surface area contributed by atoms with Crippen molar-refractivity contribution in [1.82, 2.24) is 30.0 Å². The molecule has 0 bridgehead atoms. The van der Waals surface area contributed by atoms with E-state index in [4.69, 9.17) is 33.9 Å². The van der Waals surface area contributed by atoms with Gasteiger partial charge >= 0.3 is 12.2 Å². The first-order chi connectivity index (χ1) is 35.7. The summed E-state index contributed by atoms with van der Waals surface area (Å²) in [5, 5.41) is 7.58. The van der Waals surface area contributed by atoms with Crippen molar-refractivity contribution in [3.05, 3.63) is 81.8 Å². The third-order valence-corrected chi connectivity index (χ3v) is 17.1. The quantitative estimate of drug-likeness (QED) is 0.132. The molecule has 4 aromatic rings. The molecule has 7 aliphatic rings. The lowest BCUT2D eigenvalue weighted by Gasteiger charge is -2.40. The van der Waals surface area contributed by atoms with Crippen molar-refractivity contribution < 1.29 is 42.5 Å². The zero-order valence-electron chi connectivity index (χ0n) is 42.9. The number of nitrogens with one attached hydrogen (secondary N) is 2. The van der Waals surface area contributed by atoms with Crippen LogP contribution in [-0.4, -0.2) is 118 Å². The van der Waals surface area contributed by atoms with E-state index in [2.05, 4.69) is 33.4 Å². The highest BCUT2D eigenvalue weighted by atomic mass is 32.1. The second-order valence-electron chi connectivity index (χ2n) is 21.9. The fourth-order valence-corrected chi connectivity index (χ4v) is 13.1. The fraction of sp³-hybridized carbons (Fsp3) is 0.518. The predicted octanol–water partition coefficient (Wildman–Crippen LogP) is 9.46. The molecule has 2 aromatic heterocycles. The lowest BCUT2D eigenvalue weighted by Crippen LogP contribution is -2.56. The molecule has 1 aliphatic carbocycles. The Hall–Kier alpha value is -6.40. The molecule has 0 spiro atoms. The highest BCUT2D eigenvalue weighted by Gasteiger charge is 2.44. The van der Waals surface area contributed by atoms with Crippen LogP contribution in [0, 0.1) is 23.6 Å². The number of benzene rings is 2. The number of rotatable bonds is 13. The van der Waals surface area contributed by atoms with E-state index in [9.17, 15) is 19.2 Å². The number of thiazole rings is 1. The molecule has 3 saturated heterocycles. The number of hydrogen-bond donors (Lipinski definition) is 2. The third kappa shape index (κ3) is 9.63. The summed E-state index contributed by atoms with van der Waals surface area (Å²) in [4.78, 5) is 72.4. The number of fused-ring (bicyclic) bond motifs is 5. The van der Waals surface area contributed by atoms with Gasteiger partial charge in [0, 0.05) is 74.4 Å². The number of alkyl carbamates (subject to hydrolysis) is 2. The highest BCUT2D eigenvalue weighted by molar-refractivity contribution is 7.11. The number of amides is 4. The number of ether oxygens (including phenoxy) is 4. The van der Waals surface area contributed by atoms with Gasteiger partial charge < -0.3 is 39.4 Å². The number of carbonyl (C=O) groups is 4. The van der Waals surface area contributed by atoms with Crippen LogP contribution >= 0.6 is 11.3 Å². The van der Waals surface area contributed by atoms with Gasteiger partial charge in [0.1, 0.15) is 23.7 Å². The summed E-state index contributed by atoms with van der Waals surface area (Å²) in [6.07, 6.45) is 12.5. The van der Waals surface area contributed by atoms with Crippen molar-refractivity contribution in [3.63, 3.8) is 0 Å². The van der Waals surface area contributed by atoms with E-state index < -0.39 is 41.9 Å². The van der Waals surface area contributed by atoms with Crippen LogP contribution in [0.15, 0.2) is 65.0 Å². The molecule has 74 heavy (non-hydrogen) atoms. The van der Waals surface area contributed by atoms with Crippen LogP contribution < -0.4 is 15.4 Å². The predicted molar refractivity (Wildman–Crippen MR) is 280 cm³/mol. The molecule has 4 fully saturated rings. The Kier molecular flexibility index (Phi) is 13.5. The van der Waals surface area contributed by atoms with Crippen LogP contribution in [-0.2, 0) is 30.2 Å². The normalized spacial score (nSPS) is 23.8. The van der Waals surface area contributed by atoms with Crippen molar-refractivity contribution >= 4 is 68.8 Å². The van der Waals surface area contributed by atoms with Gasteiger partial charge in [-0.25, -0.2) is 19.0 Å². The Bertz CT molecular complexity index is 3040. The Morgan fingerprint density at radius 1 is 0.851 bits per heavy atom. The second-order valence-corrected chi connectivity index (χ2v) is 23.0. The van der Waals surface area contributed by atoms with Gasteiger partial charge in [0.25, 0.3) is 0 Å². The smallest absolute Gasteiger partial charge is 0.407 e. The number of hydrogen-bond acceptors (Lipinski definition) is 12. The molecule has 3 unspecified atom stereocenters. The standard InChI is InChI=1S/C56H65FN8O8S/c1-30(2)49(61-54(68)70-5)51(66)63-16-7-9-42(63)40-23-37(28-59-40)34-21-38(57)48-44-24-35-20-32(13-14-41(35)65(44)53(73-45(48)25-34)46-29-60-47(74-46)19-31-11-12-31)36-22-39(58-27-36)43-10-8-17-64(43)52(67)50(62-55(69)71-6)33-15-18-72-56(3,4)26-33/h13-14,20-21,24-25,27-31,33,42-43,49-50,53H,7-12,15-19,22-23,26H2,1-6H3,(H,61,68)(H,62,69)/t33?,42-,43-,49-,50?,53?/m0/s1. The van der Waals surface area contributed by atoms with Crippen LogP contribution in [0.25, 0.3) is 33.3 Å². The van der Waals surface area contributed by atoms with Crippen LogP contribution in [0.2, 0.25) is 0 Å². The number of nitrogens with zero attached hydrogens (tertiary/aromatic N) is 6. The minimum atomic E-state index is -0.746. The number of carbonyl (C=O) groups excluding carboxylic acids is 4. The summed E-state index contributed by atoms with van der Waals surface area (Å²) in [5.41, 5.74) is 6.76. The zero-order chi connectivity index (χ0) is 51.6. The summed E-state index contributed by atoms with van der Waals surface area (Å²) >= 11 is 1.64. The molecule has 8 heterocycles. The van der Waals surface area contributed by atoms with Gasteiger partial charge in [-0.05, 0) is 136 Å². The van der Waals surface area contributed by atoms with Crippen LogP contribution in [0.1, 0.15) is 119 Å². The zero-order valence-corrected chi connectivity index (χ0v) is 43.8. The van der Waals surface area contributed by atoms with E-state index in [1.165, 1.54) is 27.1 Å². The van der Waals surface area contributed by atoms with Crippen molar-refractivity contribution in [2.75, 3.05) is 33.9 Å². The Morgan fingerprint density at radius 3 is 2.19 bits per heavy atom. The third-order valence-electron chi connectivity index (χ3n) is 16.0. The van der Waals surface area contributed by atoms with Gasteiger partial charge in [-0.15, -0.1) is 11.3 Å². The van der Waals surface area contributed by atoms with Crippen molar-refractivity contribution in [2.24, 2.45) is 27.7 Å². The van der Waals surface area contributed by atoms with Gasteiger partial charge in [-0.3, -0.25) is 24.1 Å². The van der Waals surface area contributed by atoms with E-state index in [0.29, 0.717) is 73.9 Å². The summed E-state index contributed by atoms with van der Waals surface area (Å²) < 4.78 is 41.9. The average molecular weight is 1030 g/mol. The summed E-state index contributed by atoms with van der Waals surface area (Å²) in [6.45, 7) is 9.44. The topological polar surface area (TPSA) is 178 Å². The number of allylic oxidation sites excluding steroid dienone is 2. The molecule has 2 N–H and O–H groups in total. The Labute approximate surface area is 434 Å². The monoisotopic (exact) mass is 1030 g/mol. The van der Waals surface area contributed by atoms with E-state index in [1.807, 2.05) is 62.0 Å². The van der Waals surface area contributed by atoms with Gasteiger partial charge in [0.05, 0.1) is 58.6 Å². The maximum atomic E-state index is 17.1. The molecule has 11 rings (SSSR count). The van der Waals surface area contributed by atoms with Crippen LogP contribution in [0.5, 0.6) is 5.75 Å². The van der Waals surface area contributed by atoms with Crippen molar-refractivity contribution in [3.8, 4) is 17.0 Å². The number of likely N-dealkylation sites (tertiary alicyclic amines) is 2. The highest BCUT2D eigenvalue weighted by Crippen LogP contribution is 2.49. The lowest BCUT2D eigenvalue weighted by atomic mass is 9.82.